The van der Waals surface area contributed by atoms with E-state index in [1.165, 1.54) is 13.8 Å². The lowest BCUT2D eigenvalue weighted by atomic mass is 9.71. The number of methoxy groups -OCH3 is 1. The van der Waals surface area contributed by atoms with Gasteiger partial charge in [-0.3, -0.25) is 14.4 Å². The van der Waals surface area contributed by atoms with Gasteiger partial charge in [-0.25, -0.2) is 4.39 Å². The Labute approximate surface area is 303 Å². The summed E-state index contributed by atoms with van der Waals surface area (Å²) in [6.07, 6.45) is -0.503. The summed E-state index contributed by atoms with van der Waals surface area (Å²) in [5.41, 5.74) is 1.92. The molecular formula is C42H44FN3O6. The number of carbonyl (C=O) groups excluding carboxylic acids is 3. The number of rotatable bonds is 9. The first kappa shape index (κ1) is 35.3. The predicted molar refractivity (Wildman–Crippen MR) is 196 cm³/mol. The molecule has 0 bridgehead atoms. The van der Waals surface area contributed by atoms with E-state index in [9.17, 15) is 19.5 Å². The normalized spacial score (nSPS) is 23.8. The van der Waals surface area contributed by atoms with Gasteiger partial charge in [0.1, 0.15) is 11.4 Å². The van der Waals surface area contributed by atoms with Crippen LogP contribution in [0.4, 0.5) is 15.8 Å². The molecule has 5 atom stereocenters. The van der Waals surface area contributed by atoms with E-state index in [1.807, 2.05) is 73.7 Å². The summed E-state index contributed by atoms with van der Waals surface area (Å²) in [4.78, 5) is 45.2. The van der Waals surface area contributed by atoms with Crippen LogP contribution in [-0.2, 0) is 39.4 Å². The fourth-order valence-corrected chi connectivity index (χ4v) is 8.57. The highest BCUT2D eigenvalue weighted by molar-refractivity contribution is 6.08. The van der Waals surface area contributed by atoms with E-state index in [2.05, 4.69) is 5.32 Å². The highest BCUT2D eigenvalue weighted by Gasteiger charge is 2.66. The zero-order chi connectivity index (χ0) is 36.8. The van der Waals surface area contributed by atoms with Crippen molar-refractivity contribution in [3.63, 3.8) is 0 Å². The lowest BCUT2D eigenvalue weighted by Crippen LogP contribution is -2.48. The van der Waals surface area contributed by atoms with E-state index >= 15 is 4.39 Å². The molecule has 52 heavy (non-hydrogen) atoms. The van der Waals surface area contributed by atoms with E-state index in [-0.39, 0.29) is 37.3 Å². The smallest absolute Gasteiger partial charge is 0.264 e. The molecule has 1 fully saturated rings. The molecule has 0 aliphatic carbocycles. The second-order valence-electron chi connectivity index (χ2n) is 14.6. The molecular weight excluding hydrogens is 661 g/mol. The molecule has 10 heteroatoms. The van der Waals surface area contributed by atoms with Crippen LogP contribution in [0.2, 0.25) is 0 Å². The average Bonchev–Trinajstić information content (AvgIpc) is 3.57. The van der Waals surface area contributed by atoms with Crippen LogP contribution >= 0.6 is 0 Å². The van der Waals surface area contributed by atoms with Crippen molar-refractivity contribution in [1.82, 2.24) is 4.90 Å². The number of hydrogen-bond acceptors (Lipinski definition) is 6. The number of aliphatic hydroxyl groups excluding tert-OH is 1. The number of benzene rings is 4. The fraction of sp³-hybridized carbons (Fsp3) is 0.357. The van der Waals surface area contributed by atoms with Gasteiger partial charge < -0.3 is 29.7 Å². The Balaban J connectivity index is 1.15. The Morgan fingerprint density at radius 1 is 1.00 bits per heavy atom. The molecule has 9 nitrogen and oxygen atoms in total. The second-order valence-corrected chi connectivity index (χ2v) is 14.6. The van der Waals surface area contributed by atoms with E-state index in [4.69, 9.17) is 9.47 Å². The van der Waals surface area contributed by atoms with Crippen LogP contribution in [0, 0.1) is 11.8 Å². The van der Waals surface area contributed by atoms with Gasteiger partial charge in [-0.1, -0.05) is 61.5 Å². The lowest BCUT2D eigenvalue weighted by molar-refractivity contribution is -0.151. The zero-order valence-corrected chi connectivity index (χ0v) is 29.8. The van der Waals surface area contributed by atoms with Crippen LogP contribution in [0.15, 0.2) is 97.1 Å². The van der Waals surface area contributed by atoms with Crippen molar-refractivity contribution < 1.29 is 33.4 Å². The maximum atomic E-state index is 16.3. The minimum Gasteiger partial charge on any atom is -0.497 e. The quantitative estimate of drug-likeness (QED) is 0.208. The molecule has 4 aromatic carbocycles. The van der Waals surface area contributed by atoms with Gasteiger partial charge in [0.2, 0.25) is 5.91 Å². The summed E-state index contributed by atoms with van der Waals surface area (Å²) in [5, 5.41) is 13.2. The summed E-state index contributed by atoms with van der Waals surface area (Å²) in [6.45, 7) is 5.13. The first-order valence-corrected chi connectivity index (χ1v) is 17.7. The molecule has 3 heterocycles. The number of amides is 3. The average molecular weight is 706 g/mol. The van der Waals surface area contributed by atoms with E-state index in [0.29, 0.717) is 41.2 Å². The van der Waals surface area contributed by atoms with Crippen molar-refractivity contribution in [3.8, 4) is 5.75 Å². The number of fused-ring (bicyclic) bond motifs is 3. The Hall–Kier alpha value is -5.06. The van der Waals surface area contributed by atoms with E-state index < -0.39 is 35.3 Å². The van der Waals surface area contributed by atoms with Crippen molar-refractivity contribution in [1.29, 1.82) is 0 Å². The zero-order valence-electron chi connectivity index (χ0n) is 29.8. The van der Waals surface area contributed by atoms with Crippen LogP contribution in [0.1, 0.15) is 59.8 Å². The number of nitrogens with one attached hydrogen (secondary N) is 1. The third kappa shape index (κ3) is 6.24. The molecule has 0 unspecified atom stereocenters. The van der Waals surface area contributed by atoms with Crippen LogP contribution < -0.4 is 15.0 Å². The number of alkyl halides is 1. The summed E-state index contributed by atoms with van der Waals surface area (Å²) < 4.78 is 28.3. The van der Waals surface area contributed by atoms with E-state index in [0.717, 1.165) is 16.7 Å². The van der Waals surface area contributed by atoms with Crippen molar-refractivity contribution in [3.05, 3.63) is 125 Å². The molecule has 0 aromatic heterocycles. The molecule has 3 aliphatic heterocycles. The maximum absolute atomic E-state index is 16.3. The minimum absolute atomic E-state index is 0.131. The minimum atomic E-state index is -1.78. The number of anilines is 2. The fourth-order valence-electron chi connectivity index (χ4n) is 8.57. The van der Waals surface area contributed by atoms with Crippen molar-refractivity contribution in [2.75, 3.05) is 23.9 Å². The van der Waals surface area contributed by atoms with Gasteiger partial charge >= 0.3 is 0 Å². The Bertz CT molecular complexity index is 1990. The molecule has 3 aliphatic rings. The molecule has 1 spiro atoms. The summed E-state index contributed by atoms with van der Waals surface area (Å²) in [6, 6.07) is 29.0. The van der Waals surface area contributed by atoms with Crippen LogP contribution in [0.3, 0.4) is 0 Å². The maximum Gasteiger partial charge on any atom is 0.264 e. The summed E-state index contributed by atoms with van der Waals surface area (Å²) in [7, 11) is 1.56. The molecule has 3 amide bonds. The van der Waals surface area contributed by atoms with Crippen LogP contribution in [0.5, 0.6) is 5.75 Å². The topological polar surface area (TPSA) is 108 Å². The van der Waals surface area contributed by atoms with Gasteiger partial charge in [0.25, 0.3) is 11.8 Å². The number of ether oxygens (including phenoxy) is 2. The third-order valence-electron chi connectivity index (χ3n) is 11.0. The largest absolute Gasteiger partial charge is 0.497 e. The van der Waals surface area contributed by atoms with Gasteiger partial charge in [0.15, 0.2) is 5.60 Å². The summed E-state index contributed by atoms with van der Waals surface area (Å²) in [5.74, 6) is -1.60. The third-order valence-corrected chi connectivity index (χ3v) is 11.0. The van der Waals surface area contributed by atoms with Crippen LogP contribution in [0.25, 0.3) is 0 Å². The second kappa shape index (κ2) is 13.8. The van der Waals surface area contributed by atoms with E-state index in [1.54, 1.807) is 47.2 Å². The van der Waals surface area contributed by atoms with Gasteiger partial charge in [-0.05, 0) is 79.4 Å². The number of nitrogens with zero attached hydrogens (tertiary/aromatic N) is 2. The van der Waals surface area contributed by atoms with Crippen molar-refractivity contribution in [2.24, 2.45) is 11.8 Å². The van der Waals surface area contributed by atoms with Gasteiger partial charge in [-0.2, -0.15) is 0 Å². The number of halogens is 1. The van der Waals surface area contributed by atoms with Crippen molar-refractivity contribution in [2.45, 2.75) is 70.1 Å². The lowest BCUT2D eigenvalue weighted by Gasteiger charge is -2.37. The molecule has 1 saturated heterocycles. The van der Waals surface area contributed by atoms with Crippen LogP contribution in [-0.4, -0.2) is 59.3 Å². The molecule has 0 radical (unpaired) electrons. The molecule has 0 saturated carbocycles. The van der Waals surface area contributed by atoms with Gasteiger partial charge in [0, 0.05) is 35.2 Å². The predicted octanol–water partition coefficient (Wildman–Crippen LogP) is 6.42. The molecule has 270 valence electrons. The van der Waals surface area contributed by atoms with Gasteiger partial charge in [-0.15, -0.1) is 0 Å². The summed E-state index contributed by atoms with van der Waals surface area (Å²) >= 11 is 0. The highest BCUT2D eigenvalue weighted by Crippen LogP contribution is 2.58. The highest BCUT2D eigenvalue weighted by atomic mass is 19.1. The monoisotopic (exact) mass is 705 g/mol. The Kier molecular flexibility index (Phi) is 9.39. The molecule has 2 N–H and O–H groups in total. The SMILES string of the molecule is COc1ccc(C(=O)Nc2cccc(CN3C(=O)[C@]4(O[C@H](CC(=O)N5Cc6ccccc6C[C@H]5CO)[C@@H](C(C)(C)F)[C@@H]4C)c4ccccc43)c2)cc1. The Morgan fingerprint density at radius 3 is 2.42 bits per heavy atom. The first-order chi connectivity index (χ1) is 24.9. The number of para-hydroxylation sites is 1. The van der Waals surface area contributed by atoms with Crippen molar-refractivity contribution >= 4 is 29.1 Å². The number of aliphatic hydroxyl groups is 1. The Morgan fingerprint density at radius 2 is 1.71 bits per heavy atom. The number of carbonyl (C=O) groups is 3. The van der Waals surface area contributed by atoms with Gasteiger partial charge in [0.05, 0.1) is 44.5 Å². The molecule has 7 rings (SSSR count). The molecule has 4 aromatic rings. The standard InChI is InChI=1S/C42H44FN3O6/c1-26-38(41(2,3)43)36(22-37(48)45-24-30-12-6-5-11-29(30)21-32(45)25-47)52-42(26)34-14-7-8-15-35(34)46(40(42)50)23-27-10-9-13-31(20-27)44-39(49)28-16-18-33(51-4)19-17-28/h5-20,26,32,36,38,47H,21-25H2,1-4H3,(H,44,49)/t26-,32-,36+,38-,42+/m0/s1. The number of hydrogen-bond donors (Lipinski definition) is 2. The first-order valence-electron chi connectivity index (χ1n) is 17.7.